The molecule has 1 unspecified atom stereocenters. The number of urea groups is 1. The maximum Gasteiger partial charge on any atom is 0.317 e. The third kappa shape index (κ3) is 4.87. The van der Waals surface area contributed by atoms with E-state index in [0.29, 0.717) is 6.54 Å². The molecule has 1 atom stereocenters. The molecule has 2 amide bonds. The van der Waals surface area contributed by atoms with Gasteiger partial charge in [0.05, 0.1) is 12.5 Å². The molecular weight excluding hydrogens is 263 g/mol. The lowest BCUT2D eigenvalue weighted by molar-refractivity contribution is -0.137. The molecule has 5 nitrogen and oxygen atoms in total. The van der Waals surface area contributed by atoms with Gasteiger partial charge in [-0.05, 0) is 31.5 Å². The van der Waals surface area contributed by atoms with Crippen LogP contribution in [0.15, 0.2) is 24.3 Å². The van der Waals surface area contributed by atoms with Gasteiger partial charge >= 0.3 is 12.0 Å². The Kier molecular flexibility index (Phi) is 5.96. The lowest BCUT2D eigenvalue weighted by Crippen LogP contribution is -2.41. The van der Waals surface area contributed by atoms with Gasteiger partial charge in [-0.25, -0.2) is 9.18 Å². The van der Waals surface area contributed by atoms with Crippen LogP contribution in [0.3, 0.4) is 0 Å². The second kappa shape index (κ2) is 7.47. The lowest BCUT2D eigenvalue weighted by Gasteiger charge is -2.23. The Morgan fingerprint density at radius 3 is 2.45 bits per heavy atom. The third-order valence-corrected chi connectivity index (χ3v) is 2.97. The van der Waals surface area contributed by atoms with Crippen LogP contribution < -0.4 is 5.32 Å². The molecule has 0 aliphatic carbocycles. The zero-order chi connectivity index (χ0) is 15.1. The van der Waals surface area contributed by atoms with Crippen molar-refractivity contribution in [2.24, 2.45) is 0 Å². The van der Waals surface area contributed by atoms with E-state index >= 15 is 0 Å². The first kappa shape index (κ1) is 15.9. The zero-order valence-corrected chi connectivity index (χ0v) is 11.6. The van der Waals surface area contributed by atoms with Gasteiger partial charge in [-0.1, -0.05) is 12.1 Å². The number of carbonyl (C=O) groups is 2. The normalized spacial score (nSPS) is 11.8. The van der Waals surface area contributed by atoms with E-state index in [1.807, 2.05) is 0 Å². The molecule has 1 aromatic rings. The van der Waals surface area contributed by atoms with E-state index in [2.05, 4.69) is 5.32 Å². The number of benzene rings is 1. The topological polar surface area (TPSA) is 69.6 Å². The van der Waals surface area contributed by atoms with Crippen LogP contribution in [-0.4, -0.2) is 35.1 Å². The molecule has 1 aromatic carbocycles. The van der Waals surface area contributed by atoms with Crippen LogP contribution in [-0.2, 0) is 4.79 Å². The van der Waals surface area contributed by atoms with Gasteiger partial charge in [-0.2, -0.15) is 0 Å². The summed E-state index contributed by atoms with van der Waals surface area (Å²) in [4.78, 5) is 23.9. The summed E-state index contributed by atoms with van der Waals surface area (Å²) in [6.45, 7) is 4.16. The van der Waals surface area contributed by atoms with Crippen molar-refractivity contribution in [3.05, 3.63) is 35.6 Å². The van der Waals surface area contributed by atoms with Crippen LogP contribution in [0.4, 0.5) is 9.18 Å². The fourth-order valence-electron chi connectivity index (χ4n) is 1.75. The molecule has 0 heterocycles. The molecule has 0 bridgehead atoms. The smallest absolute Gasteiger partial charge is 0.317 e. The van der Waals surface area contributed by atoms with E-state index in [0.717, 1.165) is 5.56 Å². The zero-order valence-electron chi connectivity index (χ0n) is 11.6. The standard InChI is InChI=1S/C14H19FN2O3/c1-3-17(9-8-13(18)19)14(20)16-10(2)11-4-6-12(15)7-5-11/h4-7,10H,3,8-9H2,1-2H3,(H,16,20)(H,18,19). The molecule has 0 saturated heterocycles. The monoisotopic (exact) mass is 282 g/mol. The Balaban J connectivity index is 2.58. The predicted molar refractivity (Wildman–Crippen MR) is 72.8 cm³/mol. The number of nitrogens with zero attached hydrogens (tertiary/aromatic N) is 1. The van der Waals surface area contributed by atoms with Crippen LogP contribution in [0.1, 0.15) is 31.9 Å². The van der Waals surface area contributed by atoms with Crippen molar-refractivity contribution >= 4 is 12.0 Å². The maximum absolute atomic E-state index is 12.8. The number of carbonyl (C=O) groups excluding carboxylic acids is 1. The van der Waals surface area contributed by atoms with Gasteiger partial charge in [0.25, 0.3) is 0 Å². The number of nitrogens with one attached hydrogen (secondary N) is 1. The van der Waals surface area contributed by atoms with Crippen molar-refractivity contribution < 1.29 is 19.1 Å². The summed E-state index contributed by atoms with van der Waals surface area (Å²) in [5.74, 6) is -1.27. The highest BCUT2D eigenvalue weighted by molar-refractivity contribution is 5.75. The molecule has 0 spiro atoms. The number of halogens is 1. The first-order valence-electron chi connectivity index (χ1n) is 6.46. The van der Waals surface area contributed by atoms with Gasteiger partial charge in [0.2, 0.25) is 0 Å². The lowest BCUT2D eigenvalue weighted by atomic mass is 10.1. The minimum Gasteiger partial charge on any atom is -0.481 e. The van der Waals surface area contributed by atoms with Gasteiger partial charge in [-0.3, -0.25) is 4.79 Å². The summed E-state index contributed by atoms with van der Waals surface area (Å²) in [6.07, 6.45) is -0.0911. The molecule has 1 rings (SSSR count). The Hall–Kier alpha value is -2.11. The second-order valence-electron chi connectivity index (χ2n) is 4.45. The number of hydrogen-bond donors (Lipinski definition) is 2. The largest absolute Gasteiger partial charge is 0.481 e. The number of carboxylic acids is 1. The number of rotatable bonds is 6. The molecule has 20 heavy (non-hydrogen) atoms. The van der Waals surface area contributed by atoms with E-state index in [-0.39, 0.29) is 30.9 Å². The molecule has 2 N–H and O–H groups in total. The minimum absolute atomic E-state index is 0.0911. The van der Waals surface area contributed by atoms with Crippen LogP contribution in [0, 0.1) is 5.82 Å². The molecule has 0 fully saturated rings. The first-order valence-corrected chi connectivity index (χ1v) is 6.46. The van der Waals surface area contributed by atoms with Crippen LogP contribution in [0.25, 0.3) is 0 Å². The average molecular weight is 282 g/mol. The highest BCUT2D eigenvalue weighted by Gasteiger charge is 2.16. The summed E-state index contributed by atoms with van der Waals surface area (Å²) in [5, 5.41) is 11.4. The Morgan fingerprint density at radius 1 is 1.35 bits per heavy atom. The molecule has 0 aromatic heterocycles. The van der Waals surface area contributed by atoms with Gasteiger partial charge in [0.1, 0.15) is 5.82 Å². The predicted octanol–water partition coefficient (Wildman–Crippen LogP) is 2.39. The van der Waals surface area contributed by atoms with E-state index < -0.39 is 5.97 Å². The summed E-state index contributed by atoms with van der Waals surface area (Å²) in [7, 11) is 0. The van der Waals surface area contributed by atoms with Crippen molar-refractivity contribution in [2.45, 2.75) is 26.3 Å². The van der Waals surface area contributed by atoms with Crippen LogP contribution in [0.5, 0.6) is 0 Å². The summed E-state index contributed by atoms with van der Waals surface area (Å²) < 4.78 is 12.8. The van der Waals surface area contributed by atoms with Crippen molar-refractivity contribution in [1.29, 1.82) is 0 Å². The Morgan fingerprint density at radius 2 is 1.95 bits per heavy atom. The second-order valence-corrected chi connectivity index (χ2v) is 4.45. The third-order valence-electron chi connectivity index (χ3n) is 2.97. The molecule has 110 valence electrons. The molecule has 0 radical (unpaired) electrons. The van der Waals surface area contributed by atoms with Gasteiger partial charge < -0.3 is 15.3 Å². The molecule has 0 aliphatic heterocycles. The Bertz CT molecular complexity index is 462. The maximum atomic E-state index is 12.8. The van der Waals surface area contributed by atoms with Gasteiger partial charge in [0, 0.05) is 13.1 Å². The number of hydrogen-bond acceptors (Lipinski definition) is 2. The first-order chi connectivity index (χ1) is 9.43. The Labute approximate surface area is 117 Å². The van der Waals surface area contributed by atoms with Crippen molar-refractivity contribution in [3.63, 3.8) is 0 Å². The van der Waals surface area contributed by atoms with Gasteiger partial charge in [-0.15, -0.1) is 0 Å². The van der Waals surface area contributed by atoms with Crippen LogP contribution in [0.2, 0.25) is 0 Å². The highest BCUT2D eigenvalue weighted by atomic mass is 19.1. The number of carboxylic acid groups (broad SMARTS) is 1. The fraction of sp³-hybridized carbons (Fsp3) is 0.429. The van der Waals surface area contributed by atoms with Crippen LogP contribution >= 0.6 is 0 Å². The van der Waals surface area contributed by atoms with E-state index in [9.17, 15) is 14.0 Å². The van der Waals surface area contributed by atoms with Crippen molar-refractivity contribution in [2.75, 3.05) is 13.1 Å². The summed E-state index contributed by atoms with van der Waals surface area (Å²) in [5.41, 5.74) is 0.786. The van der Waals surface area contributed by atoms with E-state index in [4.69, 9.17) is 5.11 Å². The quantitative estimate of drug-likeness (QED) is 0.841. The molecule has 0 aliphatic rings. The summed E-state index contributed by atoms with van der Waals surface area (Å²) in [6, 6.07) is 5.27. The highest BCUT2D eigenvalue weighted by Crippen LogP contribution is 2.13. The molecule has 0 saturated carbocycles. The summed E-state index contributed by atoms with van der Waals surface area (Å²) >= 11 is 0. The minimum atomic E-state index is -0.942. The molecular formula is C14H19FN2O3. The van der Waals surface area contributed by atoms with E-state index in [1.54, 1.807) is 26.0 Å². The number of aliphatic carboxylic acids is 1. The average Bonchev–Trinajstić information content (AvgIpc) is 2.39. The van der Waals surface area contributed by atoms with Crippen molar-refractivity contribution in [3.8, 4) is 0 Å². The van der Waals surface area contributed by atoms with E-state index in [1.165, 1.54) is 17.0 Å². The fourth-order valence-corrected chi connectivity index (χ4v) is 1.75. The van der Waals surface area contributed by atoms with Gasteiger partial charge in [0.15, 0.2) is 0 Å². The molecule has 6 heteroatoms. The SMILES string of the molecule is CCN(CCC(=O)O)C(=O)NC(C)c1ccc(F)cc1. The van der Waals surface area contributed by atoms with Crippen molar-refractivity contribution in [1.82, 2.24) is 10.2 Å². The number of amides is 2.